The van der Waals surface area contributed by atoms with Gasteiger partial charge in [-0.15, -0.1) is 0 Å². The van der Waals surface area contributed by atoms with Crippen LogP contribution in [0.15, 0.2) is 0 Å². The first kappa shape index (κ1) is 14.0. The fraction of sp³-hybridized carbons (Fsp3) is 0.833. The Kier molecular flexibility index (Phi) is 4.51. The zero-order valence-electron chi connectivity index (χ0n) is 10.7. The molecule has 1 fully saturated rings. The number of carbonyl (C=O) groups is 2. The van der Waals surface area contributed by atoms with Gasteiger partial charge in [-0.3, -0.25) is 9.59 Å². The molecule has 0 aromatic rings. The minimum absolute atomic E-state index is 0.0441. The summed E-state index contributed by atoms with van der Waals surface area (Å²) in [7, 11) is 0. The van der Waals surface area contributed by atoms with Gasteiger partial charge in [-0.2, -0.15) is 0 Å². The predicted octanol–water partition coefficient (Wildman–Crippen LogP) is 0.459. The van der Waals surface area contributed by atoms with E-state index in [1.807, 2.05) is 13.8 Å². The molecule has 0 bridgehead atoms. The second-order valence-corrected chi connectivity index (χ2v) is 5.14. The standard InChI is InChI=1S/C12H22N2O3/c1-4-12(3,11(16)17)7-14-10(15)8(2)9-5-13-6-9/h8-9,13H,4-7H2,1-3H3,(H,14,15)(H,16,17). The van der Waals surface area contributed by atoms with Crippen LogP contribution in [0, 0.1) is 17.3 Å². The Bertz CT molecular complexity index is 302. The Labute approximate surface area is 102 Å². The first-order valence-corrected chi connectivity index (χ1v) is 6.12. The fourth-order valence-corrected chi connectivity index (χ4v) is 1.67. The lowest BCUT2D eigenvalue weighted by Gasteiger charge is -2.32. The lowest BCUT2D eigenvalue weighted by molar-refractivity contribution is -0.148. The van der Waals surface area contributed by atoms with Gasteiger partial charge in [-0.1, -0.05) is 13.8 Å². The van der Waals surface area contributed by atoms with E-state index in [0.717, 1.165) is 13.1 Å². The zero-order valence-corrected chi connectivity index (χ0v) is 10.7. The topological polar surface area (TPSA) is 78.4 Å². The van der Waals surface area contributed by atoms with Crippen molar-refractivity contribution in [2.24, 2.45) is 17.3 Å². The van der Waals surface area contributed by atoms with Crippen molar-refractivity contribution in [3.8, 4) is 0 Å². The average molecular weight is 242 g/mol. The van der Waals surface area contributed by atoms with E-state index >= 15 is 0 Å². The minimum Gasteiger partial charge on any atom is -0.481 e. The maximum Gasteiger partial charge on any atom is 0.311 e. The summed E-state index contributed by atoms with van der Waals surface area (Å²) in [6, 6.07) is 0. The van der Waals surface area contributed by atoms with Crippen LogP contribution < -0.4 is 10.6 Å². The maximum absolute atomic E-state index is 11.8. The number of carboxylic acid groups (broad SMARTS) is 1. The molecule has 0 aliphatic carbocycles. The van der Waals surface area contributed by atoms with Crippen molar-refractivity contribution >= 4 is 11.9 Å². The van der Waals surface area contributed by atoms with Crippen LogP contribution in [-0.4, -0.2) is 36.6 Å². The van der Waals surface area contributed by atoms with Gasteiger partial charge in [0.1, 0.15) is 0 Å². The van der Waals surface area contributed by atoms with Crippen molar-refractivity contribution in [2.75, 3.05) is 19.6 Å². The highest BCUT2D eigenvalue weighted by atomic mass is 16.4. The molecule has 17 heavy (non-hydrogen) atoms. The summed E-state index contributed by atoms with van der Waals surface area (Å²) in [5, 5.41) is 15.0. The molecule has 0 aromatic heterocycles. The number of amides is 1. The lowest BCUT2D eigenvalue weighted by Crippen LogP contribution is -2.51. The Hall–Kier alpha value is -1.10. The van der Waals surface area contributed by atoms with Gasteiger partial charge in [0.05, 0.1) is 5.41 Å². The van der Waals surface area contributed by atoms with E-state index in [9.17, 15) is 9.59 Å². The van der Waals surface area contributed by atoms with Crippen molar-refractivity contribution < 1.29 is 14.7 Å². The van der Waals surface area contributed by atoms with E-state index < -0.39 is 11.4 Å². The summed E-state index contributed by atoms with van der Waals surface area (Å²) in [5.41, 5.74) is -0.868. The SMILES string of the molecule is CCC(C)(CNC(=O)C(C)C1CNC1)C(=O)O. The molecule has 1 aliphatic rings. The summed E-state index contributed by atoms with van der Waals surface area (Å²) >= 11 is 0. The van der Waals surface area contributed by atoms with Crippen molar-refractivity contribution in [1.82, 2.24) is 10.6 Å². The van der Waals surface area contributed by atoms with Crippen LogP contribution in [0.25, 0.3) is 0 Å². The van der Waals surface area contributed by atoms with Crippen LogP contribution in [0.5, 0.6) is 0 Å². The third-order valence-corrected chi connectivity index (χ3v) is 3.88. The van der Waals surface area contributed by atoms with Crippen LogP contribution in [0.2, 0.25) is 0 Å². The monoisotopic (exact) mass is 242 g/mol. The number of rotatable bonds is 6. The summed E-state index contributed by atoms with van der Waals surface area (Å²) in [5.74, 6) is -0.574. The number of nitrogens with one attached hydrogen (secondary N) is 2. The Morgan fingerprint density at radius 1 is 1.53 bits per heavy atom. The van der Waals surface area contributed by atoms with Crippen molar-refractivity contribution in [3.63, 3.8) is 0 Å². The van der Waals surface area contributed by atoms with Crippen molar-refractivity contribution in [1.29, 1.82) is 0 Å². The van der Waals surface area contributed by atoms with E-state index in [4.69, 9.17) is 5.11 Å². The predicted molar refractivity (Wildman–Crippen MR) is 64.6 cm³/mol. The zero-order chi connectivity index (χ0) is 13.1. The summed E-state index contributed by atoms with van der Waals surface area (Å²) in [6.45, 7) is 7.31. The molecule has 1 aliphatic heterocycles. The second-order valence-electron chi connectivity index (χ2n) is 5.14. The minimum atomic E-state index is -0.868. The third kappa shape index (κ3) is 3.19. The van der Waals surface area contributed by atoms with E-state index in [0.29, 0.717) is 12.3 Å². The first-order valence-electron chi connectivity index (χ1n) is 6.12. The van der Waals surface area contributed by atoms with Crippen molar-refractivity contribution in [2.45, 2.75) is 27.2 Å². The number of carboxylic acids is 1. The molecule has 3 N–H and O–H groups in total. The van der Waals surface area contributed by atoms with Gasteiger partial charge >= 0.3 is 5.97 Å². The fourth-order valence-electron chi connectivity index (χ4n) is 1.67. The average Bonchev–Trinajstić information content (AvgIpc) is 2.22. The summed E-state index contributed by atoms with van der Waals surface area (Å²) in [4.78, 5) is 22.9. The highest BCUT2D eigenvalue weighted by molar-refractivity contribution is 5.80. The van der Waals surface area contributed by atoms with E-state index in [1.54, 1.807) is 6.92 Å². The van der Waals surface area contributed by atoms with E-state index in [1.165, 1.54) is 0 Å². The summed E-state index contributed by atoms with van der Waals surface area (Å²) < 4.78 is 0. The Morgan fingerprint density at radius 2 is 2.12 bits per heavy atom. The molecule has 2 unspecified atom stereocenters. The molecule has 5 heteroatoms. The largest absolute Gasteiger partial charge is 0.481 e. The lowest BCUT2D eigenvalue weighted by atomic mass is 9.86. The van der Waals surface area contributed by atoms with Gasteiger partial charge in [0.15, 0.2) is 0 Å². The van der Waals surface area contributed by atoms with Gasteiger partial charge in [-0.25, -0.2) is 0 Å². The summed E-state index contributed by atoms with van der Waals surface area (Å²) in [6.07, 6.45) is 0.502. The molecule has 0 saturated carbocycles. The van der Waals surface area contributed by atoms with Crippen LogP contribution in [0.3, 0.4) is 0 Å². The number of carbonyl (C=O) groups excluding carboxylic acids is 1. The quantitative estimate of drug-likeness (QED) is 0.632. The molecule has 1 saturated heterocycles. The van der Waals surface area contributed by atoms with Gasteiger partial charge in [-0.05, 0) is 32.4 Å². The molecule has 1 rings (SSSR count). The number of hydrogen-bond donors (Lipinski definition) is 3. The molecule has 0 aromatic carbocycles. The first-order chi connectivity index (χ1) is 7.90. The maximum atomic E-state index is 11.8. The van der Waals surface area contributed by atoms with Gasteiger partial charge < -0.3 is 15.7 Å². The molecule has 0 spiro atoms. The molecular weight excluding hydrogens is 220 g/mol. The second kappa shape index (κ2) is 5.49. The molecule has 1 heterocycles. The van der Waals surface area contributed by atoms with Crippen LogP contribution in [-0.2, 0) is 9.59 Å². The van der Waals surface area contributed by atoms with E-state index in [-0.39, 0.29) is 18.4 Å². The molecule has 1 amide bonds. The number of hydrogen-bond acceptors (Lipinski definition) is 3. The molecule has 0 radical (unpaired) electrons. The smallest absolute Gasteiger partial charge is 0.311 e. The molecular formula is C12H22N2O3. The normalized spacial score (nSPS) is 21.1. The van der Waals surface area contributed by atoms with Gasteiger partial charge in [0.25, 0.3) is 0 Å². The van der Waals surface area contributed by atoms with Gasteiger partial charge in [0, 0.05) is 12.5 Å². The van der Waals surface area contributed by atoms with Crippen molar-refractivity contribution in [3.05, 3.63) is 0 Å². The number of aliphatic carboxylic acids is 1. The third-order valence-electron chi connectivity index (χ3n) is 3.88. The Morgan fingerprint density at radius 3 is 2.47 bits per heavy atom. The van der Waals surface area contributed by atoms with Crippen LogP contribution in [0.1, 0.15) is 27.2 Å². The highest BCUT2D eigenvalue weighted by Gasteiger charge is 2.34. The van der Waals surface area contributed by atoms with Crippen LogP contribution in [0.4, 0.5) is 0 Å². The van der Waals surface area contributed by atoms with E-state index in [2.05, 4.69) is 10.6 Å². The Balaban J connectivity index is 2.43. The molecule has 5 nitrogen and oxygen atoms in total. The molecule has 2 atom stereocenters. The van der Waals surface area contributed by atoms with Gasteiger partial charge in [0.2, 0.25) is 5.91 Å². The highest BCUT2D eigenvalue weighted by Crippen LogP contribution is 2.21. The molecule has 98 valence electrons. The van der Waals surface area contributed by atoms with Crippen LogP contribution >= 0.6 is 0 Å².